The highest BCUT2D eigenvalue weighted by Crippen LogP contribution is 2.27. The number of hydrogen-bond acceptors (Lipinski definition) is 4. The molecule has 0 radical (unpaired) electrons. The first-order chi connectivity index (χ1) is 9.72. The summed E-state index contributed by atoms with van der Waals surface area (Å²) in [5, 5.41) is 2.97. The Kier molecular flexibility index (Phi) is 3.52. The molecule has 1 aromatic carbocycles. The molecule has 1 amide bonds. The third-order valence-electron chi connectivity index (χ3n) is 3.04. The fourth-order valence-corrected chi connectivity index (χ4v) is 2.26. The van der Waals surface area contributed by atoms with Crippen molar-refractivity contribution < 1.29 is 9.53 Å². The van der Waals surface area contributed by atoms with Crippen LogP contribution in [0, 0.1) is 0 Å². The molecule has 20 heavy (non-hydrogen) atoms. The van der Waals surface area contributed by atoms with Gasteiger partial charge in [0.2, 0.25) is 0 Å². The standard InChI is InChI=1S/C14H12ClN3O2/c15-13-8-16-7-11(18-13)14(19)17-6-10-5-9-3-1-2-4-12(9)20-10/h1-4,7-8,10H,5-6H2,(H,17,19). The number of halogens is 1. The number of hydrogen-bond donors (Lipinski definition) is 1. The Balaban J connectivity index is 1.58. The van der Waals surface area contributed by atoms with Gasteiger partial charge in [0.15, 0.2) is 0 Å². The van der Waals surface area contributed by atoms with E-state index in [1.807, 2.05) is 24.3 Å². The van der Waals surface area contributed by atoms with E-state index in [4.69, 9.17) is 16.3 Å². The third-order valence-corrected chi connectivity index (χ3v) is 3.22. The van der Waals surface area contributed by atoms with E-state index in [9.17, 15) is 4.79 Å². The second-order valence-electron chi connectivity index (χ2n) is 4.49. The third kappa shape index (κ3) is 2.72. The van der Waals surface area contributed by atoms with Crippen LogP contribution in [0.4, 0.5) is 0 Å². The predicted molar refractivity (Wildman–Crippen MR) is 73.9 cm³/mol. The van der Waals surface area contributed by atoms with Crippen LogP contribution in [0.1, 0.15) is 16.1 Å². The van der Waals surface area contributed by atoms with Gasteiger partial charge in [-0.2, -0.15) is 0 Å². The summed E-state index contributed by atoms with van der Waals surface area (Å²) in [5.74, 6) is 0.578. The van der Waals surface area contributed by atoms with Crippen LogP contribution < -0.4 is 10.1 Å². The summed E-state index contributed by atoms with van der Waals surface area (Å²) in [5.41, 5.74) is 1.36. The maximum Gasteiger partial charge on any atom is 0.271 e. The molecule has 1 aliphatic rings. The zero-order valence-electron chi connectivity index (χ0n) is 10.5. The van der Waals surface area contributed by atoms with E-state index in [1.165, 1.54) is 12.4 Å². The minimum atomic E-state index is -0.306. The van der Waals surface area contributed by atoms with Crippen LogP contribution >= 0.6 is 11.6 Å². The summed E-state index contributed by atoms with van der Waals surface area (Å²) in [6.45, 7) is 0.418. The highest BCUT2D eigenvalue weighted by molar-refractivity contribution is 6.29. The molecule has 1 N–H and O–H groups in total. The summed E-state index contributed by atoms with van der Waals surface area (Å²) in [6.07, 6.45) is 3.50. The van der Waals surface area contributed by atoms with Gasteiger partial charge in [-0.3, -0.25) is 9.78 Å². The number of rotatable bonds is 3. The number of amides is 1. The average Bonchev–Trinajstić information content (AvgIpc) is 2.87. The molecule has 2 aromatic rings. The SMILES string of the molecule is O=C(NCC1Cc2ccccc2O1)c1cncc(Cl)n1. The van der Waals surface area contributed by atoms with Crippen LogP contribution in [0.5, 0.6) is 5.75 Å². The molecule has 0 bridgehead atoms. The van der Waals surface area contributed by atoms with Crippen molar-refractivity contribution in [1.82, 2.24) is 15.3 Å². The Hall–Kier alpha value is -2.14. The van der Waals surface area contributed by atoms with Gasteiger partial charge in [-0.25, -0.2) is 4.98 Å². The molecule has 5 nitrogen and oxygen atoms in total. The second kappa shape index (κ2) is 5.46. The van der Waals surface area contributed by atoms with E-state index in [1.54, 1.807) is 0 Å². The highest BCUT2D eigenvalue weighted by Gasteiger charge is 2.23. The number of carbonyl (C=O) groups excluding carboxylic acids is 1. The number of nitrogens with zero attached hydrogens (tertiary/aromatic N) is 2. The van der Waals surface area contributed by atoms with Crippen molar-refractivity contribution in [3.63, 3.8) is 0 Å². The van der Waals surface area contributed by atoms with E-state index in [2.05, 4.69) is 15.3 Å². The number of para-hydroxylation sites is 1. The minimum absolute atomic E-state index is 0.0523. The van der Waals surface area contributed by atoms with Crippen molar-refractivity contribution in [3.05, 3.63) is 53.1 Å². The van der Waals surface area contributed by atoms with E-state index in [0.29, 0.717) is 6.54 Å². The number of fused-ring (bicyclic) bond motifs is 1. The minimum Gasteiger partial charge on any atom is -0.488 e. The van der Waals surface area contributed by atoms with Crippen LogP contribution in [0.25, 0.3) is 0 Å². The van der Waals surface area contributed by atoms with Gasteiger partial charge in [-0.05, 0) is 11.6 Å². The molecule has 0 aliphatic carbocycles. The molecule has 0 saturated heterocycles. The Bertz CT molecular complexity index is 623. The van der Waals surface area contributed by atoms with Crippen molar-refractivity contribution in [1.29, 1.82) is 0 Å². The molecule has 0 spiro atoms. The van der Waals surface area contributed by atoms with E-state index < -0.39 is 0 Å². The fourth-order valence-electron chi connectivity index (χ4n) is 2.12. The van der Waals surface area contributed by atoms with Crippen LogP contribution in [0.3, 0.4) is 0 Å². The first-order valence-electron chi connectivity index (χ1n) is 6.22. The molecule has 1 unspecified atom stereocenters. The van der Waals surface area contributed by atoms with Crippen molar-refractivity contribution in [3.8, 4) is 5.75 Å². The Morgan fingerprint density at radius 2 is 2.25 bits per heavy atom. The lowest BCUT2D eigenvalue weighted by Crippen LogP contribution is -2.34. The van der Waals surface area contributed by atoms with Gasteiger partial charge < -0.3 is 10.1 Å². The number of carbonyl (C=O) groups is 1. The molecule has 6 heteroatoms. The van der Waals surface area contributed by atoms with Crippen molar-refractivity contribution in [2.45, 2.75) is 12.5 Å². The molecule has 1 atom stereocenters. The quantitative estimate of drug-likeness (QED) is 0.937. The first kappa shape index (κ1) is 12.9. The molecule has 3 rings (SSSR count). The van der Waals surface area contributed by atoms with Gasteiger partial charge in [0.05, 0.1) is 18.9 Å². The van der Waals surface area contributed by atoms with Crippen molar-refractivity contribution in [2.75, 3.05) is 6.54 Å². The second-order valence-corrected chi connectivity index (χ2v) is 4.88. The Morgan fingerprint density at radius 3 is 3.05 bits per heavy atom. The largest absolute Gasteiger partial charge is 0.488 e. The summed E-state index contributed by atoms with van der Waals surface area (Å²) >= 11 is 5.70. The van der Waals surface area contributed by atoms with Crippen LogP contribution in [0.15, 0.2) is 36.7 Å². The maximum absolute atomic E-state index is 11.9. The molecule has 102 valence electrons. The van der Waals surface area contributed by atoms with Gasteiger partial charge in [-0.1, -0.05) is 29.8 Å². The first-order valence-corrected chi connectivity index (χ1v) is 6.60. The molecular formula is C14H12ClN3O2. The van der Waals surface area contributed by atoms with Crippen LogP contribution in [-0.2, 0) is 6.42 Å². The van der Waals surface area contributed by atoms with Gasteiger partial charge in [0.1, 0.15) is 22.7 Å². The highest BCUT2D eigenvalue weighted by atomic mass is 35.5. The lowest BCUT2D eigenvalue weighted by molar-refractivity contribution is 0.0928. The van der Waals surface area contributed by atoms with Crippen molar-refractivity contribution in [2.24, 2.45) is 0 Å². The number of benzene rings is 1. The smallest absolute Gasteiger partial charge is 0.271 e. The molecule has 1 aliphatic heterocycles. The Labute approximate surface area is 121 Å². The maximum atomic E-state index is 11.9. The molecular weight excluding hydrogens is 278 g/mol. The van der Waals surface area contributed by atoms with Gasteiger partial charge in [0, 0.05) is 6.42 Å². The lowest BCUT2D eigenvalue weighted by Gasteiger charge is -2.11. The molecule has 2 heterocycles. The van der Waals surface area contributed by atoms with Gasteiger partial charge in [-0.15, -0.1) is 0 Å². The van der Waals surface area contributed by atoms with E-state index in [-0.39, 0.29) is 22.9 Å². The molecule has 1 aromatic heterocycles. The number of aromatic nitrogens is 2. The van der Waals surface area contributed by atoms with E-state index in [0.717, 1.165) is 17.7 Å². The zero-order chi connectivity index (χ0) is 13.9. The Morgan fingerprint density at radius 1 is 1.40 bits per heavy atom. The lowest BCUT2D eigenvalue weighted by atomic mass is 10.1. The van der Waals surface area contributed by atoms with E-state index >= 15 is 0 Å². The molecule has 0 fully saturated rings. The summed E-state index contributed by atoms with van der Waals surface area (Å²) in [6, 6.07) is 7.87. The number of ether oxygens (including phenoxy) is 1. The normalized spacial score (nSPS) is 16.4. The topological polar surface area (TPSA) is 64.1 Å². The fraction of sp³-hybridized carbons (Fsp3) is 0.214. The summed E-state index contributed by atoms with van der Waals surface area (Å²) in [7, 11) is 0. The van der Waals surface area contributed by atoms with Gasteiger partial charge >= 0.3 is 0 Å². The average molecular weight is 290 g/mol. The van der Waals surface area contributed by atoms with Gasteiger partial charge in [0.25, 0.3) is 5.91 Å². The summed E-state index contributed by atoms with van der Waals surface area (Å²) < 4.78 is 5.74. The van der Waals surface area contributed by atoms with Crippen LogP contribution in [0.2, 0.25) is 5.15 Å². The number of nitrogens with one attached hydrogen (secondary N) is 1. The van der Waals surface area contributed by atoms with Crippen LogP contribution in [-0.4, -0.2) is 28.5 Å². The zero-order valence-corrected chi connectivity index (χ0v) is 11.3. The summed E-state index contributed by atoms with van der Waals surface area (Å²) in [4.78, 5) is 19.6. The predicted octanol–water partition coefficient (Wildman–Crippen LogP) is 1.86. The van der Waals surface area contributed by atoms with Crippen molar-refractivity contribution >= 4 is 17.5 Å². The monoisotopic (exact) mass is 289 g/mol. The molecule has 0 saturated carbocycles.